The summed E-state index contributed by atoms with van der Waals surface area (Å²) in [6.07, 6.45) is 1.30. The van der Waals surface area contributed by atoms with Crippen molar-refractivity contribution in [2.75, 3.05) is 0 Å². The molecule has 0 aliphatic rings. The number of amides is 1. The number of aliphatic hydroxyl groups excluding tert-OH is 1. The topological polar surface area (TPSA) is 120 Å². The van der Waals surface area contributed by atoms with Gasteiger partial charge in [0.05, 0.1) is 41.0 Å². The van der Waals surface area contributed by atoms with Crippen molar-refractivity contribution in [1.29, 1.82) is 5.26 Å². The maximum atomic E-state index is 12.2. The van der Waals surface area contributed by atoms with E-state index in [1.54, 1.807) is 35.9 Å². The molecule has 0 radical (unpaired) electrons. The minimum absolute atomic E-state index is 0.140. The third kappa shape index (κ3) is 5.22. The molecular weight excluding hydrogens is 392 g/mol. The maximum Gasteiger partial charge on any atom is 0.226 e. The fourth-order valence-corrected chi connectivity index (χ4v) is 3.11. The van der Waals surface area contributed by atoms with E-state index in [9.17, 15) is 9.90 Å². The molecule has 1 unspecified atom stereocenters. The van der Waals surface area contributed by atoms with Gasteiger partial charge in [0.1, 0.15) is 6.07 Å². The summed E-state index contributed by atoms with van der Waals surface area (Å²) >= 11 is 6.09. The van der Waals surface area contributed by atoms with E-state index in [-0.39, 0.29) is 18.4 Å². The van der Waals surface area contributed by atoms with Crippen LogP contribution in [-0.2, 0) is 17.8 Å². The highest BCUT2D eigenvalue weighted by atomic mass is 35.5. The molecule has 3 rings (SSSR count). The van der Waals surface area contributed by atoms with Crippen LogP contribution in [0, 0.1) is 11.3 Å². The summed E-state index contributed by atoms with van der Waals surface area (Å²) in [5.41, 5.74) is 3.12. The molecule has 2 heterocycles. The zero-order valence-electron chi connectivity index (χ0n) is 16.1. The Hall–Kier alpha value is -3.15. The van der Waals surface area contributed by atoms with Crippen LogP contribution in [0.1, 0.15) is 36.9 Å². The van der Waals surface area contributed by atoms with Crippen LogP contribution in [0.5, 0.6) is 0 Å². The molecule has 29 heavy (non-hydrogen) atoms. The van der Waals surface area contributed by atoms with Crippen molar-refractivity contribution in [2.24, 2.45) is 0 Å². The predicted molar refractivity (Wildman–Crippen MR) is 108 cm³/mol. The SMILES string of the molecule is CC(O)c1cc(CC(=O)N[C@@H](C)Cn2ccc(-c3ccc(C#N)c(Cl)c3)n2)[nH]n1. The molecule has 0 aliphatic heterocycles. The largest absolute Gasteiger partial charge is 0.387 e. The van der Waals surface area contributed by atoms with E-state index in [0.717, 1.165) is 11.3 Å². The van der Waals surface area contributed by atoms with Gasteiger partial charge in [0, 0.05) is 23.5 Å². The second kappa shape index (κ2) is 8.90. The maximum absolute atomic E-state index is 12.2. The average Bonchev–Trinajstić information content (AvgIpc) is 3.31. The lowest BCUT2D eigenvalue weighted by atomic mass is 10.1. The van der Waals surface area contributed by atoms with Gasteiger partial charge in [-0.1, -0.05) is 17.7 Å². The van der Waals surface area contributed by atoms with Gasteiger partial charge < -0.3 is 10.4 Å². The number of H-pyrrole nitrogens is 1. The molecule has 150 valence electrons. The van der Waals surface area contributed by atoms with E-state index >= 15 is 0 Å². The standard InChI is InChI=1S/C20H21ClN6O2/c1-12(23-20(29)9-16-8-19(13(2)28)25-24-16)11-27-6-5-18(26-27)14-3-4-15(10-22)17(21)7-14/h3-8,12-13,28H,9,11H2,1-2H3,(H,23,29)(H,24,25)/t12-,13?/m0/s1. The highest BCUT2D eigenvalue weighted by molar-refractivity contribution is 6.32. The monoisotopic (exact) mass is 412 g/mol. The predicted octanol–water partition coefficient (Wildman–Crippen LogP) is 2.60. The van der Waals surface area contributed by atoms with Crippen molar-refractivity contribution < 1.29 is 9.90 Å². The Morgan fingerprint density at radius 3 is 2.83 bits per heavy atom. The number of aliphatic hydroxyl groups is 1. The Balaban J connectivity index is 1.57. The van der Waals surface area contributed by atoms with Crippen LogP contribution >= 0.6 is 11.6 Å². The van der Waals surface area contributed by atoms with Gasteiger partial charge in [-0.3, -0.25) is 14.6 Å². The summed E-state index contributed by atoms with van der Waals surface area (Å²) in [5.74, 6) is -0.149. The fourth-order valence-electron chi connectivity index (χ4n) is 2.89. The van der Waals surface area contributed by atoms with Gasteiger partial charge in [0.25, 0.3) is 0 Å². The number of aromatic nitrogens is 4. The number of hydrogen-bond donors (Lipinski definition) is 3. The van der Waals surface area contributed by atoms with Gasteiger partial charge in [0.2, 0.25) is 5.91 Å². The first-order valence-electron chi connectivity index (χ1n) is 9.10. The summed E-state index contributed by atoms with van der Waals surface area (Å²) in [5, 5.41) is 33.0. The molecule has 0 aliphatic carbocycles. The first kappa shape index (κ1) is 20.6. The third-order valence-corrected chi connectivity index (χ3v) is 4.64. The Morgan fingerprint density at radius 1 is 1.38 bits per heavy atom. The number of aromatic amines is 1. The summed E-state index contributed by atoms with van der Waals surface area (Å²) in [6, 6.07) is 10.6. The van der Waals surface area contributed by atoms with E-state index in [2.05, 4.69) is 20.6 Å². The number of nitrogens with zero attached hydrogens (tertiary/aromatic N) is 4. The van der Waals surface area contributed by atoms with Gasteiger partial charge in [-0.2, -0.15) is 15.5 Å². The molecule has 0 saturated carbocycles. The molecule has 2 aromatic heterocycles. The molecule has 0 saturated heterocycles. The summed E-state index contributed by atoms with van der Waals surface area (Å²) < 4.78 is 1.74. The lowest BCUT2D eigenvalue weighted by molar-refractivity contribution is -0.121. The van der Waals surface area contributed by atoms with E-state index in [4.69, 9.17) is 16.9 Å². The summed E-state index contributed by atoms with van der Waals surface area (Å²) in [6.45, 7) is 4.01. The van der Waals surface area contributed by atoms with E-state index in [1.165, 1.54) is 0 Å². The van der Waals surface area contributed by atoms with Crippen LogP contribution in [0.2, 0.25) is 5.02 Å². The molecule has 3 aromatic rings. The van der Waals surface area contributed by atoms with E-state index in [1.807, 2.05) is 25.3 Å². The van der Waals surface area contributed by atoms with Crippen LogP contribution < -0.4 is 5.32 Å². The van der Waals surface area contributed by atoms with E-state index in [0.29, 0.717) is 28.5 Å². The molecule has 2 atom stereocenters. The van der Waals surface area contributed by atoms with E-state index < -0.39 is 6.10 Å². The normalized spacial score (nSPS) is 12.9. The second-order valence-corrected chi connectivity index (χ2v) is 7.28. The quantitative estimate of drug-likeness (QED) is 0.551. The lowest BCUT2D eigenvalue weighted by Gasteiger charge is -2.13. The van der Waals surface area contributed by atoms with Crippen molar-refractivity contribution in [3.05, 3.63) is 58.5 Å². The molecule has 9 heteroatoms. The van der Waals surface area contributed by atoms with Crippen molar-refractivity contribution in [3.8, 4) is 17.3 Å². The molecule has 1 amide bonds. The van der Waals surface area contributed by atoms with Gasteiger partial charge in [-0.25, -0.2) is 0 Å². The minimum atomic E-state index is -0.679. The Morgan fingerprint density at radius 2 is 2.17 bits per heavy atom. The Labute approximate surface area is 173 Å². The highest BCUT2D eigenvalue weighted by Crippen LogP contribution is 2.24. The number of nitrogens with one attached hydrogen (secondary N) is 2. The molecule has 8 nitrogen and oxygen atoms in total. The van der Waals surface area contributed by atoms with Gasteiger partial charge >= 0.3 is 0 Å². The molecule has 0 fully saturated rings. The van der Waals surface area contributed by atoms with Crippen LogP contribution in [0.25, 0.3) is 11.3 Å². The van der Waals surface area contributed by atoms with Crippen molar-refractivity contribution >= 4 is 17.5 Å². The number of hydrogen-bond acceptors (Lipinski definition) is 5. The second-order valence-electron chi connectivity index (χ2n) is 6.87. The lowest BCUT2D eigenvalue weighted by Crippen LogP contribution is -2.36. The molecule has 0 bridgehead atoms. The zero-order valence-corrected chi connectivity index (χ0v) is 16.8. The first-order chi connectivity index (χ1) is 13.9. The van der Waals surface area contributed by atoms with Crippen molar-refractivity contribution in [3.63, 3.8) is 0 Å². The number of nitriles is 1. The minimum Gasteiger partial charge on any atom is -0.387 e. The first-order valence-corrected chi connectivity index (χ1v) is 9.48. The molecule has 1 aromatic carbocycles. The number of carbonyl (C=O) groups excluding carboxylic acids is 1. The number of benzene rings is 1. The van der Waals surface area contributed by atoms with Gasteiger partial charge in [-0.15, -0.1) is 0 Å². The van der Waals surface area contributed by atoms with Crippen molar-refractivity contribution in [2.45, 2.75) is 39.0 Å². The van der Waals surface area contributed by atoms with Crippen molar-refractivity contribution in [1.82, 2.24) is 25.3 Å². The fraction of sp³-hybridized carbons (Fsp3) is 0.300. The smallest absolute Gasteiger partial charge is 0.226 e. The summed E-state index contributed by atoms with van der Waals surface area (Å²) in [7, 11) is 0. The Bertz CT molecular complexity index is 1050. The zero-order chi connectivity index (χ0) is 21.0. The molecular formula is C20H21ClN6O2. The van der Waals surface area contributed by atoms with Crippen LogP contribution in [0.4, 0.5) is 0 Å². The number of carbonyl (C=O) groups is 1. The summed E-state index contributed by atoms with van der Waals surface area (Å²) in [4.78, 5) is 12.2. The molecule has 3 N–H and O–H groups in total. The number of halogens is 1. The van der Waals surface area contributed by atoms with Crippen LogP contribution in [0.15, 0.2) is 36.5 Å². The third-order valence-electron chi connectivity index (χ3n) is 4.32. The van der Waals surface area contributed by atoms with Gasteiger partial charge in [-0.05, 0) is 38.1 Å². The molecule has 0 spiro atoms. The van der Waals surface area contributed by atoms with Gasteiger partial charge in [0.15, 0.2) is 0 Å². The van der Waals surface area contributed by atoms with Crippen LogP contribution in [-0.4, -0.2) is 37.0 Å². The number of rotatable bonds is 7. The Kier molecular flexibility index (Phi) is 6.32. The highest BCUT2D eigenvalue weighted by Gasteiger charge is 2.13. The average molecular weight is 413 g/mol. The van der Waals surface area contributed by atoms with Crippen LogP contribution in [0.3, 0.4) is 0 Å².